The Balaban J connectivity index is 1.97. The van der Waals surface area contributed by atoms with Crippen LogP contribution < -0.4 is 11.1 Å². The van der Waals surface area contributed by atoms with Crippen LogP contribution in [-0.2, 0) is 9.59 Å². The molecule has 7 heteroatoms. The monoisotopic (exact) mass is 243 g/mol. The zero-order chi connectivity index (χ0) is 12.9. The Bertz CT molecular complexity index is 324. The zero-order valence-electron chi connectivity index (χ0n) is 9.98. The summed E-state index contributed by atoms with van der Waals surface area (Å²) in [5.74, 6) is -0.944. The van der Waals surface area contributed by atoms with Crippen LogP contribution in [0.15, 0.2) is 10.2 Å². The Morgan fingerprint density at radius 3 is 2.59 bits per heavy atom. The number of carbonyl (C=O) groups is 2. The molecule has 0 bridgehead atoms. The van der Waals surface area contributed by atoms with E-state index in [1.807, 2.05) is 0 Å². The summed E-state index contributed by atoms with van der Waals surface area (Å²) in [4.78, 5) is 21.8. The number of nitrogens with one attached hydrogen (secondary N) is 1. The number of unbranched alkanes of at least 4 members (excludes halogenated alkanes) is 1. The van der Waals surface area contributed by atoms with Gasteiger partial charge in [-0.25, -0.2) is 4.79 Å². The number of hydrogen-bond donors (Lipinski definition) is 3. The molecule has 0 saturated heterocycles. The average Bonchev–Trinajstić information content (AvgIpc) is 2.94. The number of carboxylic acid groups (broad SMARTS) is 1. The molecule has 1 amide bonds. The number of carboxylic acids is 1. The SMILES string of the molecule is CC1(CC(=O)NCCCC[C@H]([NH3+])C(=O)O)N=N1. The lowest BCUT2D eigenvalue weighted by Crippen LogP contribution is -2.64. The van der Waals surface area contributed by atoms with Gasteiger partial charge in [-0.15, -0.1) is 0 Å². The topological polar surface area (TPSA) is 119 Å². The third-order valence-electron chi connectivity index (χ3n) is 2.59. The van der Waals surface area contributed by atoms with E-state index in [0.29, 0.717) is 19.4 Å². The summed E-state index contributed by atoms with van der Waals surface area (Å²) in [6.07, 6.45) is 2.33. The van der Waals surface area contributed by atoms with Crippen molar-refractivity contribution in [2.75, 3.05) is 6.54 Å². The molecule has 0 spiro atoms. The molecule has 5 N–H and O–H groups in total. The molecule has 1 aliphatic heterocycles. The van der Waals surface area contributed by atoms with Gasteiger partial charge in [0.05, 0.1) is 6.42 Å². The van der Waals surface area contributed by atoms with Crippen molar-refractivity contribution in [3.8, 4) is 0 Å². The van der Waals surface area contributed by atoms with Crippen molar-refractivity contribution in [3.63, 3.8) is 0 Å². The Morgan fingerprint density at radius 2 is 2.06 bits per heavy atom. The Morgan fingerprint density at radius 1 is 1.41 bits per heavy atom. The largest absolute Gasteiger partial charge is 0.477 e. The second-order valence-electron chi connectivity index (χ2n) is 4.47. The maximum atomic E-state index is 11.4. The second-order valence-corrected chi connectivity index (χ2v) is 4.47. The molecule has 1 atom stereocenters. The highest BCUT2D eigenvalue weighted by Gasteiger charge is 2.36. The van der Waals surface area contributed by atoms with Crippen LogP contribution in [0.1, 0.15) is 32.6 Å². The molecule has 1 heterocycles. The molecular formula is C10H19N4O3+. The molecule has 0 saturated carbocycles. The summed E-state index contributed by atoms with van der Waals surface area (Å²) < 4.78 is 0. The van der Waals surface area contributed by atoms with E-state index >= 15 is 0 Å². The van der Waals surface area contributed by atoms with Gasteiger partial charge in [0, 0.05) is 13.0 Å². The van der Waals surface area contributed by atoms with E-state index in [4.69, 9.17) is 5.11 Å². The molecule has 7 nitrogen and oxygen atoms in total. The lowest BCUT2D eigenvalue weighted by Gasteiger charge is -2.07. The van der Waals surface area contributed by atoms with E-state index in [0.717, 1.165) is 12.8 Å². The second kappa shape index (κ2) is 5.72. The number of hydrogen-bond acceptors (Lipinski definition) is 4. The van der Waals surface area contributed by atoms with Crippen LogP contribution >= 0.6 is 0 Å². The predicted octanol–water partition coefficient (Wildman–Crippen LogP) is -0.460. The van der Waals surface area contributed by atoms with E-state index < -0.39 is 17.7 Å². The highest BCUT2D eigenvalue weighted by atomic mass is 16.4. The minimum Gasteiger partial charge on any atom is -0.477 e. The van der Waals surface area contributed by atoms with Crippen LogP contribution in [0.4, 0.5) is 0 Å². The van der Waals surface area contributed by atoms with E-state index in [1.165, 1.54) is 0 Å². The zero-order valence-corrected chi connectivity index (χ0v) is 9.98. The first-order valence-corrected chi connectivity index (χ1v) is 5.69. The maximum absolute atomic E-state index is 11.4. The number of nitrogens with zero attached hydrogens (tertiary/aromatic N) is 2. The molecule has 0 aromatic carbocycles. The predicted molar refractivity (Wildman–Crippen MR) is 59.1 cm³/mol. The van der Waals surface area contributed by atoms with Crippen LogP contribution in [0.5, 0.6) is 0 Å². The van der Waals surface area contributed by atoms with Crippen molar-refractivity contribution >= 4 is 11.9 Å². The molecule has 1 aliphatic rings. The molecule has 0 fully saturated rings. The Labute approximate surface area is 99.5 Å². The summed E-state index contributed by atoms with van der Waals surface area (Å²) in [5, 5.41) is 18.9. The van der Waals surface area contributed by atoms with Crippen LogP contribution in [0.2, 0.25) is 0 Å². The number of carbonyl (C=O) groups excluding carboxylic acids is 1. The van der Waals surface area contributed by atoms with Gasteiger partial charge in [0.25, 0.3) is 0 Å². The molecule has 1 rings (SSSR count). The highest BCUT2D eigenvalue weighted by Crippen LogP contribution is 2.30. The summed E-state index contributed by atoms with van der Waals surface area (Å²) in [6, 6.07) is -0.561. The molecule has 0 unspecified atom stereocenters. The number of rotatable bonds is 8. The fourth-order valence-electron chi connectivity index (χ4n) is 1.39. The minimum atomic E-state index is -0.876. The highest BCUT2D eigenvalue weighted by molar-refractivity contribution is 5.77. The third kappa shape index (κ3) is 5.39. The van der Waals surface area contributed by atoms with Gasteiger partial charge in [-0.2, -0.15) is 10.2 Å². The van der Waals surface area contributed by atoms with Crippen molar-refractivity contribution < 1.29 is 20.4 Å². The van der Waals surface area contributed by atoms with E-state index in [1.54, 1.807) is 6.92 Å². The molecule has 0 radical (unpaired) electrons. The molecule has 0 aliphatic carbocycles. The summed E-state index contributed by atoms with van der Waals surface area (Å²) >= 11 is 0. The molecule has 0 aromatic heterocycles. The van der Waals surface area contributed by atoms with Crippen molar-refractivity contribution in [2.45, 2.75) is 44.3 Å². The average molecular weight is 243 g/mol. The fourth-order valence-corrected chi connectivity index (χ4v) is 1.39. The first-order valence-electron chi connectivity index (χ1n) is 5.69. The standard InChI is InChI=1S/C10H18N4O3/c1-10(13-14-10)6-8(15)12-5-3-2-4-7(11)9(16)17/h7H,2-6,11H2,1H3,(H,12,15)(H,16,17)/p+1/t7-/m0/s1. The summed E-state index contributed by atoms with van der Waals surface area (Å²) in [5.41, 5.74) is 3.02. The van der Waals surface area contributed by atoms with Gasteiger partial charge in [-0.05, 0) is 19.8 Å². The van der Waals surface area contributed by atoms with Crippen molar-refractivity contribution in [1.82, 2.24) is 5.32 Å². The van der Waals surface area contributed by atoms with Gasteiger partial charge in [-0.1, -0.05) is 0 Å². The van der Waals surface area contributed by atoms with Gasteiger partial charge >= 0.3 is 5.97 Å². The first-order chi connectivity index (χ1) is 7.93. The fraction of sp³-hybridized carbons (Fsp3) is 0.800. The van der Waals surface area contributed by atoms with Crippen LogP contribution in [0, 0.1) is 0 Å². The molecule has 17 heavy (non-hydrogen) atoms. The van der Waals surface area contributed by atoms with Crippen LogP contribution in [0.25, 0.3) is 0 Å². The van der Waals surface area contributed by atoms with Gasteiger partial charge < -0.3 is 16.2 Å². The van der Waals surface area contributed by atoms with Gasteiger partial charge in [-0.3, -0.25) is 4.79 Å². The minimum absolute atomic E-state index is 0.0677. The lowest BCUT2D eigenvalue weighted by atomic mass is 10.1. The van der Waals surface area contributed by atoms with Crippen molar-refractivity contribution in [3.05, 3.63) is 0 Å². The van der Waals surface area contributed by atoms with Crippen molar-refractivity contribution in [2.24, 2.45) is 10.2 Å². The number of amides is 1. The number of aliphatic carboxylic acids is 1. The lowest BCUT2D eigenvalue weighted by molar-refractivity contribution is -0.409. The number of quaternary nitrogens is 1. The quantitative estimate of drug-likeness (QED) is 0.500. The summed E-state index contributed by atoms with van der Waals surface area (Å²) in [6.45, 7) is 2.36. The van der Waals surface area contributed by atoms with Crippen LogP contribution in [0.3, 0.4) is 0 Å². The maximum Gasteiger partial charge on any atom is 0.362 e. The van der Waals surface area contributed by atoms with Crippen LogP contribution in [-0.4, -0.2) is 35.2 Å². The van der Waals surface area contributed by atoms with Gasteiger partial charge in [0.1, 0.15) is 0 Å². The normalized spacial score (nSPS) is 17.5. The molecule has 0 aromatic rings. The van der Waals surface area contributed by atoms with Gasteiger partial charge in [0.2, 0.25) is 5.91 Å². The smallest absolute Gasteiger partial charge is 0.362 e. The van der Waals surface area contributed by atoms with Gasteiger partial charge in [0.15, 0.2) is 11.7 Å². The molecule has 96 valence electrons. The Kier molecular flexibility index (Phi) is 4.56. The van der Waals surface area contributed by atoms with E-state index in [9.17, 15) is 9.59 Å². The molecular weight excluding hydrogens is 224 g/mol. The summed E-state index contributed by atoms with van der Waals surface area (Å²) in [7, 11) is 0. The Hall–Kier alpha value is -1.50. The third-order valence-corrected chi connectivity index (χ3v) is 2.59. The van der Waals surface area contributed by atoms with E-state index in [2.05, 4.69) is 21.3 Å². The van der Waals surface area contributed by atoms with Crippen molar-refractivity contribution in [1.29, 1.82) is 0 Å². The van der Waals surface area contributed by atoms with E-state index in [-0.39, 0.29) is 5.91 Å². The first kappa shape index (κ1) is 13.6.